The molecule has 0 aliphatic heterocycles. The van der Waals surface area contributed by atoms with Crippen molar-refractivity contribution in [2.45, 2.75) is 165 Å². The van der Waals surface area contributed by atoms with Gasteiger partial charge in [-0.25, -0.2) is 0 Å². The first kappa shape index (κ1) is 72.9. The number of nitrogens with two attached hydrogens (primary N) is 2. The number of nitrogens with zero attached hydrogens (tertiary/aromatic N) is 4. The van der Waals surface area contributed by atoms with E-state index in [0.717, 1.165) is 38.8 Å². The van der Waals surface area contributed by atoms with Crippen molar-refractivity contribution in [2.75, 3.05) is 84.1 Å². The summed E-state index contributed by atoms with van der Waals surface area (Å²) >= 11 is 5.65. The van der Waals surface area contributed by atoms with Crippen LogP contribution in [0.3, 0.4) is 0 Å². The Hall–Kier alpha value is -6.88. The average Bonchev–Trinajstić information content (AvgIpc) is 1.00. The highest BCUT2D eigenvalue weighted by Gasteiger charge is 2.31. The third kappa shape index (κ3) is 23.8. The summed E-state index contributed by atoms with van der Waals surface area (Å²) < 4.78 is 53.5. The van der Waals surface area contributed by atoms with Crippen LogP contribution >= 0.6 is 47.0 Å². The van der Waals surface area contributed by atoms with Crippen LogP contribution in [-0.2, 0) is 25.4 Å². The van der Waals surface area contributed by atoms with E-state index in [1.807, 2.05) is 121 Å². The Kier molecular flexibility index (Phi) is 33.9. The smallest absolute Gasteiger partial charge is 0.153 e. The van der Waals surface area contributed by atoms with Gasteiger partial charge in [-0.2, -0.15) is 21.0 Å². The van der Waals surface area contributed by atoms with Gasteiger partial charge in [0.25, 0.3) is 0 Å². The van der Waals surface area contributed by atoms with E-state index in [-0.39, 0.29) is 72.4 Å². The molecule has 0 aromatic heterocycles. The summed E-state index contributed by atoms with van der Waals surface area (Å²) in [6.45, 7) is 19.9. The van der Waals surface area contributed by atoms with Gasteiger partial charge in [-0.1, -0.05) is 142 Å². The predicted octanol–water partition coefficient (Wildman–Crippen LogP) is 17.1. The Bertz CT molecular complexity index is 3300. The summed E-state index contributed by atoms with van der Waals surface area (Å²) in [5.41, 5.74) is 15.7. The monoisotopic (exact) mass is 1280 g/mol. The molecule has 4 N–H and O–H groups in total. The molecule has 15 nitrogen and oxygen atoms in total. The Morgan fingerprint density at radius 2 is 0.820 bits per heavy atom. The van der Waals surface area contributed by atoms with E-state index in [9.17, 15) is 21.0 Å². The molecule has 0 radical (unpaired) electrons. The molecule has 0 aliphatic rings. The molecule has 0 saturated carbocycles. The fourth-order valence-corrected chi connectivity index (χ4v) is 13.1. The third-order valence-corrected chi connectivity index (χ3v) is 17.7. The van der Waals surface area contributed by atoms with Crippen molar-refractivity contribution in [3.05, 3.63) is 125 Å². The normalized spacial score (nSPS) is 10.9. The standard InChI is InChI=1S/C38H49N3O4S2.C32H37N3O5S2/c1-4-7-8-9-10-11-14-29-17-19-30(20-18-29)46-37-35(44-25-23-42-21-5-2)31(27-39)32(28-40)36(45-26-24-43-22-6-3)38(37)47-34-16-13-12-15-33(34)41;1-6-36-23-10-9-11-24(18-23)41-31-29(39-16-14-37-21(2)3)25(19-33)26(20-34)30(40-17-15-38-22(4)5)32(31)42-28-13-8-7-12-27(28)35/h12-13,15-20H,4-11,14,21-26,41H2,1-3H3;7-13,18,21-22H,6,14-17,35H2,1-5H3. The molecular formula is C70H86N6O9S4. The van der Waals surface area contributed by atoms with Crippen molar-refractivity contribution in [2.24, 2.45) is 0 Å². The number of nitrogen functional groups attached to an aromatic ring is 2. The maximum absolute atomic E-state index is 10.4. The Morgan fingerprint density at radius 1 is 0.404 bits per heavy atom. The lowest BCUT2D eigenvalue weighted by molar-refractivity contribution is 0.0531. The number of para-hydroxylation sites is 2. The van der Waals surface area contributed by atoms with Crippen molar-refractivity contribution in [1.29, 1.82) is 21.0 Å². The van der Waals surface area contributed by atoms with Gasteiger partial charge in [0.1, 0.15) is 78.7 Å². The molecule has 0 bridgehead atoms. The average molecular weight is 1280 g/mol. The number of unbranched alkanes of at least 4 members (excludes halogenated alkanes) is 5. The number of hydrogen-bond acceptors (Lipinski definition) is 19. The molecule has 0 spiro atoms. The molecule has 0 saturated heterocycles. The van der Waals surface area contributed by atoms with Gasteiger partial charge < -0.3 is 54.1 Å². The number of anilines is 2. The van der Waals surface area contributed by atoms with Crippen LogP contribution < -0.4 is 35.2 Å². The molecule has 0 heterocycles. The highest BCUT2D eigenvalue weighted by atomic mass is 32.2. The molecule has 0 unspecified atom stereocenters. The molecule has 474 valence electrons. The first-order chi connectivity index (χ1) is 43.4. The van der Waals surface area contributed by atoms with E-state index in [1.165, 1.54) is 91.1 Å². The number of ether oxygens (including phenoxy) is 9. The highest BCUT2D eigenvalue weighted by molar-refractivity contribution is 8.03. The van der Waals surface area contributed by atoms with Crippen LogP contribution in [0.4, 0.5) is 11.4 Å². The van der Waals surface area contributed by atoms with Crippen molar-refractivity contribution < 1.29 is 42.6 Å². The van der Waals surface area contributed by atoms with E-state index < -0.39 is 0 Å². The van der Waals surface area contributed by atoms with Crippen LogP contribution in [0.2, 0.25) is 0 Å². The molecule has 0 amide bonds. The molecule has 89 heavy (non-hydrogen) atoms. The summed E-state index contributed by atoms with van der Waals surface area (Å²) in [5, 5.41) is 41.4. The number of hydrogen-bond donors (Lipinski definition) is 2. The van der Waals surface area contributed by atoms with Crippen LogP contribution in [0.15, 0.2) is 136 Å². The van der Waals surface area contributed by atoms with Crippen LogP contribution in [0.5, 0.6) is 28.7 Å². The largest absolute Gasteiger partial charge is 0.494 e. The molecule has 0 aliphatic carbocycles. The van der Waals surface area contributed by atoms with Crippen molar-refractivity contribution in [3.63, 3.8) is 0 Å². The van der Waals surface area contributed by atoms with Gasteiger partial charge >= 0.3 is 0 Å². The molecule has 6 rings (SSSR count). The molecular weight excluding hydrogens is 1200 g/mol. The zero-order valence-electron chi connectivity index (χ0n) is 52.8. The molecule has 0 fully saturated rings. The van der Waals surface area contributed by atoms with E-state index in [4.69, 9.17) is 54.1 Å². The van der Waals surface area contributed by atoms with Gasteiger partial charge in [-0.3, -0.25) is 0 Å². The van der Waals surface area contributed by atoms with E-state index in [1.54, 1.807) is 0 Å². The minimum absolute atomic E-state index is 0.0178. The molecule has 19 heteroatoms. The summed E-state index contributed by atoms with van der Waals surface area (Å²) in [5.74, 6) is 1.96. The summed E-state index contributed by atoms with van der Waals surface area (Å²) in [6.07, 6.45) is 10.5. The van der Waals surface area contributed by atoms with E-state index in [2.05, 4.69) is 55.5 Å². The number of rotatable bonds is 39. The maximum atomic E-state index is 10.4. The fraction of sp³-hybridized carbons (Fsp3) is 0.429. The van der Waals surface area contributed by atoms with Crippen LogP contribution in [0.1, 0.15) is 135 Å². The summed E-state index contributed by atoms with van der Waals surface area (Å²) in [7, 11) is 0. The SMILES string of the molecule is CCCCCCCCc1ccc(Sc2c(OCCOCCC)c(C#N)c(C#N)c(OCCOCCC)c2Sc2ccccc2N)cc1.CCOc1cccc(Sc2c(OCCOC(C)C)c(C#N)c(C#N)c(OCCOC(C)C)c2Sc2ccccc2N)c1. The molecule has 6 aromatic carbocycles. The predicted molar refractivity (Wildman–Crippen MR) is 357 cm³/mol. The topological polar surface area (TPSA) is 230 Å². The molecule has 0 atom stereocenters. The second-order valence-electron chi connectivity index (χ2n) is 20.6. The van der Waals surface area contributed by atoms with Crippen LogP contribution in [0.25, 0.3) is 0 Å². The molecule has 6 aromatic rings. The summed E-state index contributed by atoms with van der Waals surface area (Å²) in [6, 6.07) is 40.2. The lowest BCUT2D eigenvalue weighted by Gasteiger charge is -2.22. The van der Waals surface area contributed by atoms with Gasteiger partial charge in [0.2, 0.25) is 0 Å². The first-order valence-corrected chi connectivity index (χ1v) is 33.8. The van der Waals surface area contributed by atoms with E-state index in [0.29, 0.717) is 94.5 Å². The number of aryl methyl sites for hydroxylation is 1. The van der Waals surface area contributed by atoms with Crippen molar-refractivity contribution in [3.8, 4) is 53.0 Å². The Labute approximate surface area is 545 Å². The minimum atomic E-state index is 0.0178. The summed E-state index contributed by atoms with van der Waals surface area (Å²) in [4.78, 5) is 6.01. The zero-order valence-corrected chi connectivity index (χ0v) is 56.1. The second-order valence-corrected chi connectivity index (χ2v) is 24.9. The zero-order chi connectivity index (χ0) is 64.2. The Balaban J connectivity index is 0.000000326. The van der Waals surface area contributed by atoms with Crippen LogP contribution in [0, 0.1) is 45.3 Å². The van der Waals surface area contributed by atoms with Gasteiger partial charge in [0.15, 0.2) is 23.0 Å². The fourth-order valence-electron chi connectivity index (χ4n) is 8.65. The van der Waals surface area contributed by atoms with E-state index >= 15 is 0 Å². The van der Waals surface area contributed by atoms with Crippen molar-refractivity contribution >= 4 is 58.4 Å². The third-order valence-electron chi connectivity index (χ3n) is 12.9. The Morgan fingerprint density at radius 3 is 1.24 bits per heavy atom. The van der Waals surface area contributed by atoms with Gasteiger partial charge in [-0.05, 0) is 120 Å². The lowest BCUT2D eigenvalue weighted by Crippen LogP contribution is -2.15. The van der Waals surface area contributed by atoms with Crippen molar-refractivity contribution in [1.82, 2.24) is 0 Å². The second kappa shape index (κ2) is 41.4. The first-order valence-electron chi connectivity index (χ1n) is 30.6. The van der Waals surface area contributed by atoms with Gasteiger partial charge in [0, 0.05) is 44.2 Å². The number of benzene rings is 6. The highest BCUT2D eigenvalue weighted by Crippen LogP contribution is 2.55. The van der Waals surface area contributed by atoms with Gasteiger partial charge in [0.05, 0.1) is 64.8 Å². The quantitative estimate of drug-likeness (QED) is 0.0270. The van der Waals surface area contributed by atoms with Gasteiger partial charge in [-0.15, -0.1) is 0 Å². The minimum Gasteiger partial charge on any atom is -0.494 e. The van der Waals surface area contributed by atoms with Crippen LogP contribution in [-0.4, -0.2) is 84.9 Å². The lowest BCUT2D eigenvalue weighted by atomic mass is 10.1. The maximum Gasteiger partial charge on any atom is 0.153 e. The number of nitriles is 4.